The zero-order valence-electron chi connectivity index (χ0n) is 11.3. The van der Waals surface area contributed by atoms with E-state index < -0.39 is 0 Å². The summed E-state index contributed by atoms with van der Waals surface area (Å²) in [6, 6.07) is 8.91. The van der Waals surface area contributed by atoms with Gasteiger partial charge in [-0.15, -0.1) is 0 Å². The van der Waals surface area contributed by atoms with Gasteiger partial charge in [0.05, 0.1) is 11.3 Å². The van der Waals surface area contributed by atoms with E-state index in [1.165, 1.54) is 19.3 Å². The van der Waals surface area contributed by atoms with Crippen LogP contribution in [0.5, 0.6) is 0 Å². The maximum absolute atomic E-state index is 9.37. The minimum Gasteiger partial charge on any atom is -0.367 e. The second-order valence-electron chi connectivity index (χ2n) is 4.98. The van der Waals surface area contributed by atoms with Gasteiger partial charge in [-0.1, -0.05) is 6.07 Å². The van der Waals surface area contributed by atoms with E-state index in [2.05, 4.69) is 38.3 Å². The molecule has 3 nitrogen and oxygen atoms in total. The third-order valence-corrected chi connectivity index (χ3v) is 4.43. The minimum absolute atomic E-state index is 0.544. The van der Waals surface area contributed by atoms with E-state index in [9.17, 15) is 5.26 Å². The van der Waals surface area contributed by atoms with Gasteiger partial charge >= 0.3 is 0 Å². The van der Waals surface area contributed by atoms with Gasteiger partial charge < -0.3 is 10.2 Å². The molecule has 0 spiro atoms. The molecule has 0 amide bonds. The molecule has 1 aliphatic heterocycles. The van der Waals surface area contributed by atoms with Crippen LogP contribution in [0.3, 0.4) is 0 Å². The predicted molar refractivity (Wildman–Crippen MR) is 82.4 cm³/mol. The molecule has 19 heavy (non-hydrogen) atoms. The molecule has 1 fully saturated rings. The van der Waals surface area contributed by atoms with Gasteiger partial charge in [-0.3, -0.25) is 0 Å². The summed E-state index contributed by atoms with van der Waals surface area (Å²) >= 11 is 3.48. The van der Waals surface area contributed by atoms with Crippen LogP contribution in [0.4, 0.5) is 5.69 Å². The molecule has 2 rings (SSSR count). The van der Waals surface area contributed by atoms with Gasteiger partial charge in [0.1, 0.15) is 6.07 Å². The number of benzene rings is 1. The normalized spacial score (nSPS) is 19.2. The molecule has 1 aromatic carbocycles. The van der Waals surface area contributed by atoms with Crippen LogP contribution in [-0.4, -0.2) is 26.2 Å². The number of halogens is 1. The lowest BCUT2D eigenvalue weighted by molar-refractivity contribution is 0.433. The van der Waals surface area contributed by atoms with E-state index in [0.717, 1.165) is 35.2 Å². The van der Waals surface area contributed by atoms with Crippen LogP contribution in [0.25, 0.3) is 0 Å². The van der Waals surface area contributed by atoms with Gasteiger partial charge in [0.25, 0.3) is 0 Å². The van der Waals surface area contributed by atoms with Crippen LogP contribution in [0.2, 0.25) is 0 Å². The van der Waals surface area contributed by atoms with Crippen molar-refractivity contribution in [3.05, 3.63) is 28.2 Å². The molecular weight excluding hydrogens is 302 g/mol. The Morgan fingerprint density at radius 1 is 1.47 bits per heavy atom. The highest BCUT2D eigenvalue weighted by Crippen LogP contribution is 2.32. The van der Waals surface area contributed by atoms with Crippen molar-refractivity contribution in [2.24, 2.45) is 0 Å². The summed E-state index contributed by atoms with van der Waals surface area (Å²) in [6.45, 7) is 2.08. The van der Waals surface area contributed by atoms with Crippen molar-refractivity contribution in [1.82, 2.24) is 5.32 Å². The van der Waals surface area contributed by atoms with Crippen LogP contribution in [0.15, 0.2) is 22.7 Å². The molecule has 0 aliphatic carbocycles. The summed E-state index contributed by atoms with van der Waals surface area (Å²) in [4.78, 5) is 2.42. The number of anilines is 1. The molecule has 0 aromatic heterocycles. The Hall–Kier alpha value is -1.05. The van der Waals surface area contributed by atoms with Gasteiger partial charge in [0.15, 0.2) is 0 Å². The summed E-state index contributed by atoms with van der Waals surface area (Å²) in [5.41, 5.74) is 1.84. The molecule has 0 radical (unpaired) electrons. The summed E-state index contributed by atoms with van der Waals surface area (Å²) in [5, 5.41) is 12.6. The van der Waals surface area contributed by atoms with Gasteiger partial charge in [-0.2, -0.15) is 5.26 Å². The highest BCUT2D eigenvalue weighted by Gasteiger charge is 2.24. The molecule has 1 heterocycles. The highest BCUT2D eigenvalue weighted by atomic mass is 79.9. The van der Waals surface area contributed by atoms with Crippen LogP contribution in [0, 0.1) is 11.3 Å². The predicted octanol–water partition coefficient (Wildman–Crippen LogP) is 3.29. The van der Waals surface area contributed by atoms with E-state index >= 15 is 0 Å². The number of hydrogen-bond donors (Lipinski definition) is 1. The van der Waals surface area contributed by atoms with Crippen molar-refractivity contribution in [1.29, 1.82) is 5.26 Å². The first-order chi connectivity index (χ1) is 9.27. The Labute approximate surface area is 123 Å². The smallest absolute Gasteiger partial charge is 0.103 e. The highest BCUT2D eigenvalue weighted by molar-refractivity contribution is 9.10. The lowest BCUT2D eigenvalue weighted by atomic mass is 9.97. The quantitative estimate of drug-likeness (QED) is 0.924. The first kappa shape index (κ1) is 14.4. The molecule has 1 atom stereocenters. The third kappa shape index (κ3) is 3.29. The molecule has 0 saturated carbocycles. The van der Waals surface area contributed by atoms with Gasteiger partial charge in [0.2, 0.25) is 0 Å². The first-order valence-corrected chi connectivity index (χ1v) is 7.67. The molecule has 1 unspecified atom stereocenters. The number of nitrogens with one attached hydrogen (secondary N) is 1. The fourth-order valence-corrected chi connectivity index (χ4v) is 3.24. The summed E-state index contributed by atoms with van der Waals surface area (Å²) in [6.07, 6.45) is 4.86. The summed E-state index contributed by atoms with van der Waals surface area (Å²) in [7, 11) is 1.99. The van der Waals surface area contributed by atoms with Crippen molar-refractivity contribution in [3.63, 3.8) is 0 Å². The van der Waals surface area contributed by atoms with E-state index in [1.54, 1.807) is 0 Å². The Morgan fingerprint density at radius 2 is 2.32 bits per heavy atom. The summed E-state index contributed by atoms with van der Waals surface area (Å²) in [5.74, 6) is 0. The van der Waals surface area contributed by atoms with Gasteiger partial charge in [0, 0.05) is 17.1 Å². The molecule has 1 saturated heterocycles. The molecule has 1 N–H and O–H groups in total. The molecule has 1 aliphatic rings. The lowest BCUT2D eigenvalue weighted by Gasteiger charge is -2.38. The lowest BCUT2D eigenvalue weighted by Crippen LogP contribution is -2.41. The maximum Gasteiger partial charge on any atom is 0.103 e. The van der Waals surface area contributed by atoms with Crippen LogP contribution >= 0.6 is 15.9 Å². The number of hydrogen-bond acceptors (Lipinski definition) is 3. The van der Waals surface area contributed by atoms with E-state index in [-0.39, 0.29) is 0 Å². The second kappa shape index (κ2) is 6.93. The monoisotopic (exact) mass is 321 g/mol. The number of piperidine rings is 1. The largest absolute Gasteiger partial charge is 0.367 e. The van der Waals surface area contributed by atoms with E-state index in [1.807, 2.05) is 19.2 Å². The first-order valence-electron chi connectivity index (χ1n) is 6.87. The Balaban J connectivity index is 2.27. The van der Waals surface area contributed by atoms with Crippen molar-refractivity contribution in [2.45, 2.75) is 31.7 Å². The molecule has 1 aromatic rings. The average Bonchev–Trinajstić information content (AvgIpc) is 2.45. The van der Waals surface area contributed by atoms with Crippen molar-refractivity contribution < 1.29 is 0 Å². The topological polar surface area (TPSA) is 39.1 Å². The Kier molecular flexibility index (Phi) is 5.24. The standard InChI is InChI=1S/C15H20BrN3/c1-18-9-8-12-5-2-3-10-19(12)15-7-4-6-14(16)13(15)11-17/h4,6-7,12,18H,2-3,5,8-10H2,1H3. The maximum atomic E-state index is 9.37. The fraction of sp³-hybridized carbons (Fsp3) is 0.533. The van der Waals surface area contributed by atoms with Crippen LogP contribution in [0.1, 0.15) is 31.2 Å². The molecular formula is C15H20BrN3. The zero-order chi connectivity index (χ0) is 13.7. The van der Waals surface area contributed by atoms with Gasteiger partial charge in [-0.25, -0.2) is 0 Å². The zero-order valence-corrected chi connectivity index (χ0v) is 12.9. The van der Waals surface area contributed by atoms with Crippen LogP contribution in [-0.2, 0) is 0 Å². The number of nitrogens with zero attached hydrogens (tertiary/aromatic N) is 2. The van der Waals surface area contributed by atoms with Crippen molar-refractivity contribution in [3.8, 4) is 6.07 Å². The van der Waals surface area contributed by atoms with Crippen molar-refractivity contribution in [2.75, 3.05) is 25.0 Å². The van der Waals surface area contributed by atoms with E-state index in [0.29, 0.717) is 6.04 Å². The second-order valence-corrected chi connectivity index (χ2v) is 5.84. The SMILES string of the molecule is CNCCC1CCCCN1c1cccc(Br)c1C#N. The molecule has 102 valence electrons. The summed E-state index contributed by atoms with van der Waals surface area (Å²) < 4.78 is 0.894. The molecule has 0 bridgehead atoms. The minimum atomic E-state index is 0.544. The fourth-order valence-electron chi connectivity index (χ4n) is 2.79. The van der Waals surface area contributed by atoms with E-state index in [4.69, 9.17) is 0 Å². The Morgan fingerprint density at radius 3 is 3.05 bits per heavy atom. The number of nitriles is 1. The third-order valence-electron chi connectivity index (χ3n) is 3.77. The van der Waals surface area contributed by atoms with Crippen molar-refractivity contribution >= 4 is 21.6 Å². The Bertz CT molecular complexity index is 467. The average molecular weight is 322 g/mol. The van der Waals surface area contributed by atoms with Crippen LogP contribution < -0.4 is 10.2 Å². The number of rotatable bonds is 4. The molecule has 4 heteroatoms. The van der Waals surface area contributed by atoms with Gasteiger partial charge in [-0.05, 0) is 67.3 Å².